The van der Waals surface area contributed by atoms with Crippen LogP contribution in [0.2, 0.25) is 0 Å². The fourth-order valence-electron chi connectivity index (χ4n) is 1.26. The van der Waals surface area contributed by atoms with E-state index in [1.165, 1.54) is 6.92 Å². The third kappa shape index (κ3) is 7.28. The second-order valence-electron chi connectivity index (χ2n) is 4.78. The minimum atomic E-state index is -1.10. The number of amides is 3. The number of carboxylic acids is 1. The number of carbonyl (C=O) groups excluding carboxylic acids is 2. The number of rotatable bonds is 7. The Hall–Kier alpha value is -1.79. The molecule has 0 aromatic heterocycles. The lowest BCUT2D eigenvalue weighted by molar-refractivity contribution is -0.139. The zero-order valence-corrected chi connectivity index (χ0v) is 11.8. The largest absolute Gasteiger partial charge is 0.480 e. The van der Waals surface area contributed by atoms with Crippen LogP contribution in [0.4, 0.5) is 4.79 Å². The molecule has 0 bridgehead atoms. The Balaban J connectivity index is 4.17. The molecule has 0 radical (unpaired) electrons. The van der Waals surface area contributed by atoms with Crippen molar-refractivity contribution in [2.24, 2.45) is 5.92 Å². The first-order valence-corrected chi connectivity index (χ1v) is 6.35. The zero-order chi connectivity index (χ0) is 15.0. The average molecular weight is 273 g/mol. The van der Waals surface area contributed by atoms with Crippen molar-refractivity contribution < 1.29 is 19.5 Å². The molecular weight excluding hydrogens is 250 g/mol. The lowest BCUT2D eigenvalue weighted by atomic mass is 10.2. The van der Waals surface area contributed by atoms with Crippen molar-refractivity contribution in [2.75, 3.05) is 6.54 Å². The molecule has 0 aromatic carbocycles. The molecule has 0 aliphatic rings. The molecule has 7 heteroatoms. The lowest BCUT2D eigenvalue weighted by Crippen LogP contribution is -2.52. The summed E-state index contributed by atoms with van der Waals surface area (Å²) in [4.78, 5) is 33.8. The molecular formula is C12H23N3O4. The molecule has 2 atom stereocenters. The van der Waals surface area contributed by atoms with Crippen molar-refractivity contribution in [3.05, 3.63) is 0 Å². The zero-order valence-electron chi connectivity index (χ0n) is 11.8. The van der Waals surface area contributed by atoms with Crippen molar-refractivity contribution >= 4 is 17.9 Å². The standard InChI is InChI=1S/C12H23N3O4/c1-5-9(11(17)18)15-12(19)14-8(4)10(16)13-6-7(2)3/h7-9H,5-6H2,1-4H3,(H,13,16)(H,17,18)(H2,14,15,19)/t8?,9-/m1/s1. The summed E-state index contributed by atoms with van der Waals surface area (Å²) in [7, 11) is 0. The molecule has 0 rings (SSSR count). The maximum atomic E-state index is 11.6. The van der Waals surface area contributed by atoms with E-state index in [1.54, 1.807) is 6.92 Å². The summed E-state index contributed by atoms with van der Waals surface area (Å²) < 4.78 is 0. The van der Waals surface area contributed by atoms with Crippen LogP contribution in [0, 0.1) is 5.92 Å². The highest BCUT2D eigenvalue weighted by Crippen LogP contribution is 1.92. The number of hydrogen-bond acceptors (Lipinski definition) is 3. The van der Waals surface area contributed by atoms with Crippen LogP contribution < -0.4 is 16.0 Å². The maximum absolute atomic E-state index is 11.6. The van der Waals surface area contributed by atoms with Gasteiger partial charge in [0.15, 0.2) is 0 Å². The molecule has 1 unspecified atom stereocenters. The van der Waals surface area contributed by atoms with E-state index < -0.39 is 24.1 Å². The Morgan fingerprint density at radius 2 is 1.68 bits per heavy atom. The first-order valence-electron chi connectivity index (χ1n) is 6.35. The van der Waals surface area contributed by atoms with Crippen molar-refractivity contribution in [3.63, 3.8) is 0 Å². The molecule has 0 saturated heterocycles. The highest BCUT2D eigenvalue weighted by molar-refractivity contribution is 5.88. The molecule has 0 spiro atoms. The van der Waals surface area contributed by atoms with Crippen LogP contribution in [0.1, 0.15) is 34.1 Å². The molecule has 0 aliphatic heterocycles. The summed E-state index contributed by atoms with van der Waals surface area (Å²) in [6.45, 7) is 7.64. The van der Waals surface area contributed by atoms with Gasteiger partial charge in [0.25, 0.3) is 0 Å². The summed E-state index contributed by atoms with van der Waals surface area (Å²) in [6, 6.07) is -2.34. The van der Waals surface area contributed by atoms with Gasteiger partial charge in [-0.25, -0.2) is 9.59 Å². The van der Waals surface area contributed by atoms with Gasteiger partial charge in [-0.3, -0.25) is 4.79 Å². The molecule has 0 aromatic rings. The van der Waals surface area contributed by atoms with Gasteiger partial charge in [-0.15, -0.1) is 0 Å². The smallest absolute Gasteiger partial charge is 0.326 e. The van der Waals surface area contributed by atoms with Crippen molar-refractivity contribution in [3.8, 4) is 0 Å². The van der Waals surface area contributed by atoms with Crippen LogP contribution in [0.3, 0.4) is 0 Å². The van der Waals surface area contributed by atoms with E-state index in [1.807, 2.05) is 13.8 Å². The Bertz CT molecular complexity index is 331. The molecule has 0 aliphatic carbocycles. The lowest BCUT2D eigenvalue weighted by Gasteiger charge is -2.17. The number of nitrogens with one attached hydrogen (secondary N) is 3. The van der Waals surface area contributed by atoms with Crippen LogP contribution in [-0.4, -0.2) is 41.6 Å². The van der Waals surface area contributed by atoms with E-state index >= 15 is 0 Å². The van der Waals surface area contributed by atoms with E-state index in [9.17, 15) is 14.4 Å². The van der Waals surface area contributed by atoms with Crippen LogP contribution in [-0.2, 0) is 9.59 Å². The number of hydrogen-bond donors (Lipinski definition) is 4. The Morgan fingerprint density at radius 3 is 2.11 bits per heavy atom. The molecule has 7 nitrogen and oxygen atoms in total. The second-order valence-corrected chi connectivity index (χ2v) is 4.78. The van der Waals surface area contributed by atoms with Gasteiger partial charge in [0.05, 0.1) is 0 Å². The number of aliphatic carboxylic acids is 1. The fraction of sp³-hybridized carbons (Fsp3) is 0.750. The van der Waals surface area contributed by atoms with Gasteiger partial charge in [0.1, 0.15) is 12.1 Å². The van der Waals surface area contributed by atoms with E-state index in [0.29, 0.717) is 12.5 Å². The van der Waals surface area contributed by atoms with Crippen LogP contribution in [0.15, 0.2) is 0 Å². The molecule has 0 saturated carbocycles. The third-order valence-corrected chi connectivity index (χ3v) is 2.44. The fourth-order valence-corrected chi connectivity index (χ4v) is 1.26. The predicted molar refractivity (Wildman–Crippen MR) is 70.7 cm³/mol. The van der Waals surface area contributed by atoms with E-state index in [-0.39, 0.29) is 12.3 Å². The molecule has 19 heavy (non-hydrogen) atoms. The predicted octanol–water partition coefficient (Wildman–Crippen LogP) is 0.310. The quantitative estimate of drug-likeness (QED) is 0.535. The third-order valence-electron chi connectivity index (χ3n) is 2.44. The molecule has 0 fully saturated rings. The van der Waals surface area contributed by atoms with Gasteiger partial charge >= 0.3 is 12.0 Å². The van der Waals surface area contributed by atoms with Crippen LogP contribution >= 0.6 is 0 Å². The van der Waals surface area contributed by atoms with Crippen LogP contribution in [0.25, 0.3) is 0 Å². The normalized spacial score (nSPS) is 13.5. The summed E-state index contributed by atoms with van der Waals surface area (Å²) in [5, 5.41) is 16.2. The monoisotopic (exact) mass is 273 g/mol. The molecule has 3 amide bonds. The van der Waals surface area contributed by atoms with Crippen molar-refractivity contribution in [2.45, 2.75) is 46.2 Å². The molecule has 110 valence electrons. The van der Waals surface area contributed by atoms with Crippen molar-refractivity contribution in [1.82, 2.24) is 16.0 Å². The highest BCUT2D eigenvalue weighted by Gasteiger charge is 2.20. The second kappa shape index (κ2) is 8.34. The highest BCUT2D eigenvalue weighted by atomic mass is 16.4. The SMILES string of the molecule is CC[C@@H](NC(=O)NC(C)C(=O)NCC(C)C)C(=O)O. The number of carboxylic acid groups (broad SMARTS) is 1. The topological polar surface area (TPSA) is 108 Å². The molecule has 4 N–H and O–H groups in total. The van der Waals surface area contributed by atoms with Gasteiger partial charge in [-0.2, -0.15) is 0 Å². The van der Waals surface area contributed by atoms with Gasteiger partial charge < -0.3 is 21.1 Å². The van der Waals surface area contributed by atoms with E-state index in [4.69, 9.17) is 5.11 Å². The first kappa shape index (κ1) is 17.2. The van der Waals surface area contributed by atoms with E-state index in [0.717, 1.165) is 0 Å². The van der Waals surface area contributed by atoms with Gasteiger partial charge in [-0.05, 0) is 19.3 Å². The molecule has 0 heterocycles. The summed E-state index contributed by atoms with van der Waals surface area (Å²) >= 11 is 0. The Labute approximate surface area is 113 Å². The minimum absolute atomic E-state index is 0.274. The Kier molecular flexibility index (Phi) is 7.55. The van der Waals surface area contributed by atoms with Crippen LogP contribution in [0.5, 0.6) is 0 Å². The average Bonchev–Trinajstić information content (AvgIpc) is 2.32. The van der Waals surface area contributed by atoms with E-state index in [2.05, 4.69) is 16.0 Å². The summed E-state index contributed by atoms with van der Waals surface area (Å²) in [5.74, 6) is -1.08. The first-order chi connectivity index (χ1) is 8.77. The number of urea groups is 1. The minimum Gasteiger partial charge on any atom is -0.480 e. The van der Waals surface area contributed by atoms with Gasteiger partial charge in [-0.1, -0.05) is 20.8 Å². The van der Waals surface area contributed by atoms with Gasteiger partial charge in [0.2, 0.25) is 5.91 Å². The maximum Gasteiger partial charge on any atom is 0.326 e. The Morgan fingerprint density at radius 1 is 1.11 bits per heavy atom. The number of carbonyl (C=O) groups is 3. The van der Waals surface area contributed by atoms with Crippen molar-refractivity contribution in [1.29, 1.82) is 0 Å². The summed E-state index contributed by atoms with van der Waals surface area (Å²) in [6.07, 6.45) is 0.274. The van der Waals surface area contributed by atoms with Gasteiger partial charge in [0, 0.05) is 6.54 Å². The summed E-state index contributed by atoms with van der Waals surface area (Å²) in [5.41, 5.74) is 0.